The Labute approximate surface area is 136 Å². The highest BCUT2D eigenvalue weighted by molar-refractivity contribution is 6.30. The van der Waals surface area contributed by atoms with Crippen LogP contribution in [0.2, 0.25) is 5.02 Å². The van der Waals surface area contributed by atoms with Gasteiger partial charge in [-0.15, -0.1) is 0 Å². The first kappa shape index (κ1) is 15.0. The Morgan fingerprint density at radius 1 is 1.13 bits per heavy atom. The average Bonchev–Trinajstić information content (AvgIpc) is 2.57. The van der Waals surface area contributed by atoms with Crippen LogP contribution in [0.1, 0.15) is 5.56 Å². The number of hydrogen-bond donors (Lipinski definition) is 1. The average molecular weight is 326 g/mol. The number of para-hydroxylation sites is 1. The number of rotatable bonds is 3. The Morgan fingerprint density at radius 3 is 2.65 bits per heavy atom. The van der Waals surface area contributed by atoms with Gasteiger partial charge in [0.25, 0.3) is 11.5 Å². The quantitative estimate of drug-likeness (QED) is 0.753. The van der Waals surface area contributed by atoms with Crippen molar-refractivity contribution in [1.82, 2.24) is 9.66 Å². The molecule has 114 valence electrons. The van der Waals surface area contributed by atoms with Crippen LogP contribution in [0.15, 0.2) is 65.7 Å². The van der Waals surface area contributed by atoms with Crippen molar-refractivity contribution >= 4 is 34.5 Å². The lowest BCUT2D eigenvalue weighted by Crippen LogP contribution is -2.32. The Kier molecular flexibility index (Phi) is 4.21. The van der Waals surface area contributed by atoms with Crippen LogP contribution >= 0.6 is 11.6 Å². The highest BCUT2D eigenvalue weighted by Gasteiger charge is 2.04. The SMILES string of the molecule is O=C(/C=C/c1ccc(Cl)cc1)Nn1cnc2ccccc2c1=O. The first-order chi connectivity index (χ1) is 11.1. The molecule has 0 fully saturated rings. The molecular weight excluding hydrogens is 314 g/mol. The van der Waals surface area contributed by atoms with E-state index in [0.717, 1.165) is 10.2 Å². The number of nitrogens with zero attached hydrogens (tertiary/aromatic N) is 2. The van der Waals surface area contributed by atoms with Crippen LogP contribution in [0.25, 0.3) is 17.0 Å². The third-order valence-electron chi connectivity index (χ3n) is 3.19. The summed E-state index contributed by atoms with van der Waals surface area (Å²) < 4.78 is 1.07. The van der Waals surface area contributed by atoms with Gasteiger partial charge in [-0.1, -0.05) is 35.9 Å². The van der Waals surface area contributed by atoms with E-state index in [0.29, 0.717) is 15.9 Å². The van der Waals surface area contributed by atoms with Crippen molar-refractivity contribution in [2.45, 2.75) is 0 Å². The minimum absolute atomic E-state index is 0.330. The zero-order chi connectivity index (χ0) is 16.2. The fraction of sp³-hybridized carbons (Fsp3) is 0. The van der Waals surface area contributed by atoms with Crippen molar-refractivity contribution in [2.24, 2.45) is 0 Å². The molecule has 0 aliphatic carbocycles. The van der Waals surface area contributed by atoms with Crippen LogP contribution in [0, 0.1) is 0 Å². The highest BCUT2D eigenvalue weighted by atomic mass is 35.5. The molecule has 0 saturated carbocycles. The van der Waals surface area contributed by atoms with Gasteiger partial charge in [-0.3, -0.25) is 15.0 Å². The summed E-state index contributed by atoms with van der Waals surface area (Å²) in [6, 6.07) is 14.0. The van der Waals surface area contributed by atoms with Crippen LogP contribution in [-0.4, -0.2) is 15.6 Å². The van der Waals surface area contributed by atoms with E-state index >= 15 is 0 Å². The van der Waals surface area contributed by atoms with E-state index in [1.165, 1.54) is 12.4 Å². The van der Waals surface area contributed by atoms with Gasteiger partial charge in [0.1, 0.15) is 6.33 Å². The van der Waals surface area contributed by atoms with Crippen molar-refractivity contribution in [2.75, 3.05) is 5.43 Å². The summed E-state index contributed by atoms with van der Waals surface area (Å²) in [5, 5.41) is 1.07. The van der Waals surface area contributed by atoms with E-state index in [1.54, 1.807) is 54.6 Å². The largest absolute Gasteiger partial charge is 0.280 e. The van der Waals surface area contributed by atoms with Crippen molar-refractivity contribution in [3.05, 3.63) is 81.9 Å². The number of amides is 1. The molecule has 0 saturated heterocycles. The predicted molar refractivity (Wildman–Crippen MR) is 90.9 cm³/mol. The van der Waals surface area contributed by atoms with Crippen LogP contribution in [0.3, 0.4) is 0 Å². The van der Waals surface area contributed by atoms with E-state index in [2.05, 4.69) is 10.4 Å². The van der Waals surface area contributed by atoms with Gasteiger partial charge in [0.15, 0.2) is 0 Å². The molecule has 0 aliphatic rings. The minimum atomic E-state index is -0.431. The van der Waals surface area contributed by atoms with Gasteiger partial charge in [0.2, 0.25) is 0 Å². The Bertz CT molecular complexity index is 946. The van der Waals surface area contributed by atoms with Gasteiger partial charge in [-0.05, 0) is 35.9 Å². The summed E-state index contributed by atoms with van der Waals surface area (Å²) in [4.78, 5) is 28.3. The zero-order valence-corrected chi connectivity index (χ0v) is 12.7. The predicted octanol–water partition coefficient (Wildman–Crippen LogP) is 2.83. The van der Waals surface area contributed by atoms with Gasteiger partial charge in [-0.2, -0.15) is 0 Å². The number of aromatic nitrogens is 2. The van der Waals surface area contributed by atoms with Gasteiger partial charge < -0.3 is 0 Å². The van der Waals surface area contributed by atoms with Crippen LogP contribution in [0.5, 0.6) is 0 Å². The van der Waals surface area contributed by atoms with E-state index in [4.69, 9.17) is 11.6 Å². The maximum Gasteiger partial charge on any atom is 0.280 e. The van der Waals surface area contributed by atoms with Crippen LogP contribution < -0.4 is 11.0 Å². The molecule has 1 aromatic heterocycles. The molecule has 1 heterocycles. The highest BCUT2D eigenvalue weighted by Crippen LogP contribution is 2.10. The maximum absolute atomic E-state index is 12.2. The molecule has 2 aromatic carbocycles. The molecule has 0 radical (unpaired) electrons. The van der Waals surface area contributed by atoms with E-state index in [9.17, 15) is 9.59 Å². The van der Waals surface area contributed by atoms with Crippen LogP contribution in [-0.2, 0) is 4.79 Å². The normalized spacial score (nSPS) is 11.0. The number of halogens is 1. The molecule has 1 N–H and O–H groups in total. The first-order valence-electron chi connectivity index (χ1n) is 6.84. The Morgan fingerprint density at radius 2 is 1.87 bits per heavy atom. The third kappa shape index (κ3) is 3.46. The van der Waals surface area contributed by atoms with E-state index in [-0.39, 0.29) is 5.56 Å². The number of carbonyl (C=O) groups excluding carboxylic acids is 1. The number of benzene rings is 2. The van der Waals surface area contributed by atoms with Gasteiger partial charge in [-0.25, -0.2) is 9.66 Å². The lowest BCUT2D eigenvalue weighted by Gasteiger charge is -2.06. The fourth-order valence-corrected chi connectivity index (χ4v) is 2.18. The molecule has 1 amide bonds. The summed E-state index contributed by atoms with van der Waals surface area (Å²) in [6.45, 7) is 0. The second kappa shape index (κ2) is 6.46. The lowest BCUT2D eigenvalue weighted by molar-refractivity contribution is -0.112. The summed E-state index contributed by atoms with van der Waals surface area (Å²) in [7, 11) is 0. The summed E-state index contributed by atoms with van der Waals surface area (Å²) >= 11 is 5.80. The van der Waals surface area contributed by atoms with Crippen molar-refractivity contribution in [3.8, 4) is 0 Å². The summed E-state index contributed by atoms with van der Waals surface area (Å²) in [6.07, 6.45) is 4.26. The molecule has 3 aromatic rings. The monoisotopic (exact) mass is 325 g/mol. The second-order valence-corrected chi connectivity index (χ2v) is 5.23. The molecule has 0 aliphatic heterocycles. The molecule has 0 atom stereocenters. The van der Waals surface area contributed by atoms with Crippen molar-refractivity contribution in [3.63, 3.8) is 0 Å². The molecule has 6 heteroatoms. The second-order valence-electron chi connectivity index (χ2n) is 4.80. The van der Waals surface area contributed by atoms with Gasteiger partial charge in [0.05, 0.1) is 10.9 Å². The smallest absolute Gasteiger partial charge is 0.268 e. The first-order valence-corrected chi connectivity index (χ1v) is 7.22. The standard InChI is InChI=1S/C17H12ClN3O2/c18-13-8-5-12(6-9-13)7-10-16(22)20-21-11-19-15-4-2-1-3-14(15)17(21)23/h1-11H,(H,20,22)/b10-7+. The molecule has 3 rings (SSSR count). The van der Waals surface area contributed by atoms with Gasteiger partial charge >= 0.3 is 0 Å². The molecular formula is C17H12ClN3O2. The van der Waals surface area contributed by atoms with E-state index in [1.807, 2.05) is 0 Å². The van der Waals surface area contributed by atoms with Gasteiger partial charge in [0, 0.05) is 11.1 Å². The number of hydrogen-bond acceptors (Lipinski definition) is 3. The summed E-state index contributed by atoms with van der Waals surface area (Å²) in [5.74, 6) is -0.431. The maximum atomic E-state index is 12.2. The summed E-state index contributed by atoms with van der Waals surface area (Å²) in [5.41, 5.74) is 3.55. The molecule has 23 heavy (non-hydrogen) atoms. The third-order valence-corrected chi connectivity index (χ3v) is 3.45. The number of nitrogens with one attached hydrogen (secondary N) is 1. The topological polar surface area (TPSA) is 64.0 Å². The Balaban J connectivity index is 1.79. The van der Waals surface area contributed by atoms with E-state index < -0.39 is 5.91 Å². The Hall–Kier alpha value is -2.92. The number of fused-ring (bicyclic) bond motifs is 1. The number of carbonyl (C=O) groups is 1. The minimum Gasteiger partial charge on any atom is -0.268 e. The van der Waals surface area contributed by atoms with Crippen molar-refractivity contribution in [1.29, 1.82) is 0 Å². The fourth-order valence-electron chi connectivity index (χ4n) is 2.05. The lowest BCUT2D eigenvalue weighted by atomic mass is 10.2. The zero-order valence-electron chi connectivity index (χ0n) is 11.9. The molecule has 0 bridgehead atoms. The molecule has 0 spiro atoms. The molecule has 5 nitrogen and oxygen atoms in total. The van der Waals surface area contributed by atoms with Crippen molar-refractivity contribution < 1.29 is 4.79 Å². The molecule has 0 unspecified atom stereocenters. The van der Waals surface area contributed by atoms with Crippen LogP contribution in [0.4, 0.5) is 0 Å².